The molecule has 3 heteroatoms. The third-order valence-corrected chi connectivity index (χ3v) is 3.19. The predicted octanol–water partition coefficient (Wildman–Crippen LogP) is 3.05. The Balaban J connectivity index is 1.99. The standard InChI is InChI=1S/C10H13BrN2/c1-2-7-5-10(7)13-9-3-4-12-6-8(9)11/h3-4,6-7,10H,2,5H2,1H3,(H,12,13). The highest BCUT2D eigenvalue weighted by Crippen LogP contribution is 2.37. The number of aromatic nitrogens is 1. The van der Waals surface area contributed by atoms with Gasteiger partial charge in [0, 0.05) is 18.4 Å². The second-order valence-electron chi connectivity index (χ2n) is 3.51. The molecule has 70 valence electrons. The number of nitrogens with one attached hydrogen (secondary N) is 1. The average molecular weight is 241 g/mol. The molecule has 1 N–H and O–H groups in total. The molecule has 0 saturated heterocycles. The van der Waals surface area contributed by atoms with Crippen molar-refractivity contribution in [2.45, 2.75) is 25.8 Å². The number of pyridine rings is 1. The van der Waals surface area contributed by atoms with Crippen molar-refractivity contribution in [2.24, 2.45) is 5.92 Å². The van der Waals surface area contributed by atoms with Gasteiger partial charge in [0.1, 0.15) is 0 Å². The molecule has 0 bridgehead atoms. The van der Waals surface area contributed by atoms with Crippen LogP contribution in [0.2, 0.25) is 0 Å². The van der Waals surface area contributed by atoms with Crippen molar-refractivity contribution in [3.63, 3.8) is 0 Å². The number of rotatable bonds is 3. The lowest BCUT2D eigenvalue weighted by molar-refractivity contribution is 0.774. The Morgan fingerprint density at radius 3 is 3.15 bits per heavy atom. The summed E-state index contributed by atoms with van der Waals surface area (Å²) in [7, 11) is 0. The van der Waals surface area contributed by atoms with Gasteiger partial charge in [0.05, 0.1) is 10.2 Å². The van der Waals surface area contributed by atoms with Gasteiger partial charge in [-0.1, -0.05) is 13.3 Å². The van der Waals surface area contributed by atoms with Crippen molar-refractivity contribution in [1.82, 2.24) is 4.98 Å². The summed E-state index contributed by atoms with van der Waals surface area (Å²) in [5.74, 6) is 0.875. The Labute approximate surface area is 86.9 Å². The van der Waals surface area contributed by atoms with Crippen molar-refractivity contribution in [2.75, 3.05) is 5.32 Å². The van der Waals surface area contributed by atoms with Crippen LogP contribution in [0.15, 0.2) is 22.9 Å². The molecule has 13 heavy (non-hydrogen) atoms. The molecule has 1 saturated carbocycles. The van der Waals surface area contributed by atoms with Gasteiger partial charge in [-0.2, -0.15) is 0 Å². The molecule has 1 aromatic rings. The van der Waals surface area contributed by atoms with Crippen LogP contribution in [0.25, 0.3) is 0 Å². The number of hydrogen-bond acceptors (Lipinski definition) is 2. The van der Waals surface area contributed by atoms with Gasteiger partial charge in [-0.3, -0.25) is 4.98 Å². The van der Waals surface area contributed by atoms with E-state index in [1.54, 1.807) is 0 Å². The fraction of sp³-hybridized carbons (Fsp3) is 0.500. The molecular formula is C10H13BrN2. The molecule has 0 aromatic carbocycles. The lowest BCUT2D eigenvalue weighted by atomic mass is 10.3. The van der Waals surface area contributed by atoms with Crippen LogP contribution in [0.3, 0.4) is 0 Å². The third kappa shape index (κ3) is 2.02. The summed E-state index contributed by atoms with van der Waals surface area (Å²) in [6.07, 6.45) is 6.23. The highest BCUT2D eigenvalue weighted by Gasteiger charge is 2.35. The van der Waals surface area contributed by atoms with Gasteiger partial charge in [0.25, 0.3) is 0 Å². The van der Waals surface area contributed by atoms with Crippen LogP contribution in [-0.4, -0.2) is 11.0 Å². The second kappa shape index (κ2) is 3.66. The zero-order valence-corrected chi connectivity index (χ0v) is 9.21. The van der Waals surface area contributed by atoms with Crippen molar-refractivity contribution >= 4 is 21.6 Å². The summed E-state index contributed by atoms with van der Waals surface area (Å²) in [6.45, 7) is 2.24. The first-order chi connectivity index (χ1) is 6.31. The Kier molecular flexibility index (Phi) is 2.54. The molecule has 0 radical (unpaired) electrons. The maximum Gasteiger partial charge on any atom is 0.0590 e. The lowest BCUT2D eigenvalue weighted by Crippen LogP contribution is -2.04. The number of nitrogens with zero attached hydrogens (tertiary/aromatic N) is 1. The molecule has 2 unspecified atom stereocenters. The van der Waals surface area contributed by atoms with E-state index in [-0.39, 0.29) is 0 Å². The highest BCUT2D eigenvalue weighted by atomic mass is 79.9. The van der Waals surface area contributed by atoms with Crippen LogP contribution < -0.4 is 5.32 Å². The van der Waals surface area contributed by atoms with E-state index in [1.165, 1.54) is 12.8 Å². The smallest absolute Gasteiger partial charge is 0.0590 e. The van der Waals surface area contributed by atoms with Gasteiger partial charge in [0.2, 0.25) is 0 Å². The van der Waals surface area contributed by atoms with E-state index in [4.69, 9.17) is 0 Å². The minimum absolute atomic E-state index is 0.684. The molecule has 2 rings (SSSR count). The largest absolute Gasteiger partial charge is 0.381 e. The molecule has 0 amide bonds. The van der Waals surface area contributed by atoms with Gasteiger partial charge < -0.3 is 5.32 Å². The molecule has 1 aliphatic rings. The van der Waals surface area contributed by atoms with Crippen LogP contribution in [0.1, 0.15) is 19.8 Å². The fourth-order valence-corrected chi connectivity index (χ4v) is 1.93. The van der Waals surface area contributed by atoms with E-state index in [0.717, 1.165) is 16.1 Å². The van der Waals surface area contributed by atoms with E-state index >= 15 is 0 Å². The summed E-state index contributed by atoms with van der Waals surface area (Å²) in [5.41, 5.74) is 1.16. The monoisotopic (exact) mass is 240 g/mol. The summed E-state index contributed by atoms with van der Waals surface area (Å²) in [5, 5.41) is 3.50. The molecule has 1 heterocycles. The molecule has 2 nitrogen and oxygen atoms in total. The van der Waals surface area contributed by atoms with Crippen LogP contribution >= 0.6 is 15.9 Å². The van der Waals surface area contributed by atoms with Crippen molar-refractivity contribution in [1.29, 1.82) is 0 Å². The van der Waals surface area contributed by atoms with Gasteiger partial charge >= 0.3 is 0 Å². The Bertz CT molecular complexity index is 301. The summed E-state index contributed by atoms with van der Waals surface area (Å²) in [6, 6.07) is 2.69. The van der Waals surface area contributed by atoms with E-state index in [0.29, 0.717) is 6.04 Å². The quantitative estimate of drug-likeness (QED) is 0.879. The normalized spacial score (nSPS) is 25.7. The maximum absolute atomic E-state index is 4.02. The summed E-state index contributed by atoms with van der Waals surface area (Å²) < 4.78 is 1.05. The predicted molar refractivity (Wildman–Crippen MR) is 57.7 cm³/mol. The minimum Gasteiger partial charge on any atom is -0.381 e. The fourth-order valence-electron chi connectivity index (χ4n) is 1.57. The maximum atomic E-state index is 4.02. The summed E-state index contributed by atoms with van der Waals surface area (Å²) in [4.78, 5) is 4.02. The number of anilines is 1. The van der Waals surface area contributed by atoms with Crippen molar-refractivity contribution in [3.8, 4) is 0 Å². The molecule has 2 atom stereocenters. The van der Waals surface area contributed by atoms with E-state index < -0.39 is 0 Å². The first kappa shape index (κ1) is 9.00. The van der Waals surface area contributed by atoms with Gasteiger partial charge in [-0.25, -0.2) is 0 Å². The first-order valence-corrected chi connectivity index (χ1v) is 5.46. The zero-order valence-electron chi connectivity index (χ0n) is 7.63. The van der Waals surface area contributed by atoms with Gasteiger partial charge in [-0.15, -0.1) is 0 Å². The van der Waals surface area contributed by atoms with E-state index in [2.05, 4.69) is 33.2 Å². The highest BCUT2D eigenvalue weighted by molar-refractivity contribution is 9.10. The average Bonchev–Trinajstić information content (AvgIpc) is 2.88. The molecule has 1 aliphatic carbocycles. The SMILES string of the molecule is CCC1CC1Nc1ccncc1Br. The zero-order chi connectivity index (χ0) is 9.26. The minimum atomic E-state index is 0.684. The lowest BCUT2D eigenvalue weighted by Gasteiger charge is -2.06. The van der Waals surface area contributed by atoms with Gasteiger partial charge in [-0.05, 0) is 34.3 Å². The van der Waals surface area contributed by atoms with Crippen LogP contribution in [-0.2, 0) is 0 Å². The Morgan fingerprint density at radius 2 is 2.54 bits per heavy atom. The van der Waals surface area contributed by atoms with Crippen molar-refractivity contribution < 1.29 is 0 Å². The van der Waals surface area contributed by atoms with E-state index in [9.17, 15) is 0 Å². The number of hydrogen-bond donors (Lipinski definition) is 1. The van der Waals surface area contributed by atoms with Crippen LogP contribution in [0, 0.1) is 5.92 Å². The topological polar surface area (TPSA) is 24.9 Å². The van der Waals surface area contributed by atoms with Gasteiger partial charge in [0.15, 0.2) is 0 Å². The molecule has 1 aromatic heterocycles. The molecule has 0 aliphatic heterocycles. The molecule has 0 spiro atoms. The Morgan fingerprint density at radius 1 is 1.69 bits per heavy atom. The summed E-state index contributed by atoms with van der Waals surface area (Å²) >= 11 is 3.47. The Hall–Kier alpha value is -0.570. The number of halogens is 1. The molecule has 1 fully saturated rings. The molecular weight excluding hydrogens is 228 g/mol. The second-order valence-corrected chi connectivity index (χ2v) is 4.36. The van der Waals surface area contributed by atoms with Crippen LogP contribution in [0.5, 0.6) is 0 Å². The van der Waals surface area contributed by atoms with Crippen molar-refractivity contribution in [3.05, 3.63) is 22.9 Å². The first-order valence-electron chi connectivity index (χ1n) is 4.67. The third-order valence-electron chi connectivity index (χ3n) is 2.56. The van der Waals surface area contributed by atoms with Crippen LogP contribution in [0.4, 0.5) is 5.69 Å². The van der Waals surface area contributed by atoms with E-state index in [1.807, 2.05) is 18.5 Å².